The van der Waals surface area contributed by atoms with Gasteiger partial charge in [0.25, 0.3) is 0 Å². The Balaban J connectivity index is 3.28. The SMILES string of the molecule is CC(=O)c1ccccc1C(C)(C)C. The summed E-state index contributed by atoms with van der Waals surface area (Å²) in [6.07, 6.45) is 0. The maximum absolute atomic E-state index is 11.3. The van der Waals surface area contributed by atoms with Gasteiger partial charge in [0.05, 0.1) is 0 Å². The van der Waals surface area contributed by atoms with E-state index in [0.717, 1.165) is 11.1 Å². The van der Waals surface area contributed by atoms with Crippen LogP contribution in [-0.4, -0.2) is 5.78 Å². The maximum Gasteiger partial charge on any atom is 0.160 e. The molecule has 0 aromatic heterocycles. The van der Waals surface area contributed by atoms with Crippen molar-refractivity contribution in [1.82, 2.24) is 0 Å². The lowest BCUT2D eigenvalue weighted by atomic mass is 9.83. The van der Waals surface area contributed by atoms with E-state index < -0.39 is 0 Å². The molecule has 1 rings (SSSR count). The minimum absolute atomic E-state index is 0.0439. The third-order valence-corrected chi connectivity index (χ3v) is 2.11. The molecule has 0 atom stereocenters. The number of benzene rings is 1. The Kier molecular flexibility index (Phi) is 2.55. The highest BCUT2D eigenvalue weighted by atomic mass is 16.1. The van der Waals surface area contributed by atoms with E-state index in [1.807, 2.05) is 24.3 Å². The van der Waals surface area contributed by atoms with E-state index in [2.05, 4.69) is 20.8 Å². The molecule has 0 fully saturated rings. The fourth-order valence-corrected chi connectivity index (χ4v) is 1.44. The number of carbonyl (C=O) groups excluding carboxylic acids is 1. The zero-order valence-electron chi connectivity index (χ0n) is 8.72. The Labute approximate surface area is 79.8 Å². The van der Waals surface area contributed by atoms with Crippen LogP contribution in [0.25, 0.3) is 0 Å². The van der Waals surface area contributed by atoms with Crippen molar-refractivity contribution in [3.8, 4) is 0 Å². The van der Waals surface area contributed by atoms with E-state index in [9.17, 15) is 4.79 Å². The first-order valence-corrected chi connectivity index (χ1v) is 4.53. The van der Waals surface area contributed by atoms with Crippen LogP contribution in [0.3, 0.4) is 0 Å². The Bertz CT molecular complexity index is 318. The van der Waals surface area contributed by atoms with Gasteiger partial charge < -0.3 is 0 Å². The van der Waals surface area contributed by atoms with Gasteiger partial charge in [-0.25, -0.2) is 0 Å². The summed E-state index contributed by atoms with van der Waals surface area (Å²) >= 11 is 0. The van der Waals surface area contributed by atoms with Crippen molar-refractivity contribution in [3.63, 3.8) is 0 Å². The molecule has 13 heavy (non-hydrogen) atoms. The van der Waals surface area contributed by atoms with E-state index in [1.165, 1.54) is 0 Å². The third-order valence-electron chi connectivity index (χ3n) is 2.11. The molecule has 0 amide bonds. The molecule has 1 heteroatoms. The van der Waals surface area contributed by atoms with Crippen LogP contribution in [-0.2, 0) is 5.41 Å². The maximum atomic E-state index is 11.3. The largest absolute Gasteiger partial charge is 0.295 e. The van der Waals surface area contributed by atoms with Gasteiger partial charge in [0, 0.05) is 5.56 Å². The van der Waals surface area contributed by atoms with Crippen molar-refractivity contribution in [1.29, 1.82) is 0 Å². The lowest BCUT2D eigenvalue weighted by molar-refractivity contribution is 0.101. The highest BCUT2D eigenvalue weighted by Crippen LogP contribution is 2.25. The second-order valence-corrected chi connectivity index (χ2v) is 4.35. The van der Waals surface area contributed by atoms with Crippen molar-refractivity contribution in [2.75, 3.05) is 0 Å². The van der Waals surface area contributed by atoms with Gasteiger partial charge in [-0.15, -0.1) is 0 Å². The highest BCUT2D eigenvalue weighted by Gasteiger charge is 2.18. The fraction of sp³-hybridized carbons (Fsp3) is 0.417. The lowest BCUT2D eigenvalue weighted by Crippen LogP contribution is -2.15. The minimum Gasteiger partial charge on any atom is -0.295 e. The van der Waals surface area contributed by atoms with E-state index in [4.69, 9.17) is 0 Å². The second kappa shape index (κ2) is 3.33. The second-order valence-electron chi connectivity index (χ2n) is 4.35. The van der Waals surface area contributed by atoms with Crippen molar-refractivity contribution in [2.24, 2.45) is 0 Å². The molecule has 0 aliphatic heterocycles. The Morgan fingerprint density at radius 3 is 2.08 bits per heavy atom. The molecule has 0 heterocycles. The van der Waals surface area contributed by atoms with E-state index in [0.29, 0.717) is 0 Å². The number of Topliss-reactive ketones (excluding diaryl/α,β-unsaturated/α-hetero) is 1. The third kappa shape index (κ3) is 2.18. The average Bonchev–Trinajstić information content (AvgIpc) is 2.03. The first kappa shape index (κ1) is 9.97. The zero-order valence-corrected chi connectivity index (χ0v) is 8.72. The van der Waals surface area contributed by atoms with Crippen molar-refractivity contribution in [3.05, 3.63) is 35.4 Å². The molecule has 0 radical (unpaired) electrons. The van der Waals surface area contributed by atoms with Crippen LogP contribution in [0.5, 0.6) is 0 Å². The molecule has 70 valence electrons. The van der Waals surface area contributed by atoms with Crippen molar-refractivity contribution in [2.45, 2.75) is 33.1 Å². The molecule has 0 saturated carbocycles. The normalized spacial score (nSPS) is 11.4. The number of hydrogen-bond donors (Lipinski definition) is 0. The molecule has 0 spiro atoms. The van der Waals surface area contributed by atoms with Crippen LogP contribution < -0.4 is 0 Å². The topological polar surface area (TPSA) is 17.1 Å². The molecule has 1 aromatic rings. The summed E-state index contributed by atoms with van der Waals surface area (Å²) < 4.78 is 0. The molecule has 1 nitrogen and oxygen atoms in total. The van der Waals surface area contributed by atoms with Crippen LogP contribution in [0, 0.1) is 0 Å². The van der Waals surface area contributed by atoms with Gasteiger partial charge in [0.1, 0.15) is 0 Å². The van der Waals surface area contributed by atoms with Gasteiger partial charge >= 0.3 is 0 Å². The molecule has 0 aliphatic carbocycles. The Morgan fingerprint density at radius 2 is 1.69 bits per heavy atom. The molecular weight excluding hydrogens is 160 g/mol. The van der Waals surface area contributed by atoms with Crippen LogP contribution in [0.2, 0.25) is 0 Å². The Hall–Kier alpha value is -1.11. The summed E-state index contributed by atoms with van der Waals surface area (Å²) in [5.41, 5.74) is 2.01. The first-order chi connectivity index (χ1) is 5.93. The van der Waals surface area contributed by atoms with Gasteiger partial charge in [-0.05, 0) is 17.9 Å². The van der Waals surface area contributed by atoms with Crippen LogP contribution in [0.1, 0.15) is 43.6 Å². The predicted octanol–water partition coefficient (Wildman–Crippen LogP) is 3.19. The molecule has 0 bridgehead atoms. The van der Waals surface area contributed by atoms with Crippen molar-refractivity contribution < 1.29 is 4.79 Å². The minimum atomic E-state index is 0.0439. The monoisotopic (exact) mass is 176 g/mol. The van der Waals surface area contributed by atoms with Gasteiger partial charge in [0.2, 0.25) is 0 Å². The average molecular weight is 176 g/mol. The standard InChI is InChI=1S/C12H16O/c1-9(13)10-7-5-6-8-11(10)12(2,3)4/h5-8H,1-4H3. The van der Waals surface area contributed by atoms with Crippen LogP contribution >= 0.6 is 0 Å². The number of carbonyl (C=O) groups is 1. The van der Waals surface area contributed by atoms with Gasteiger partial charge in [-0.3, -0.25) is 4.79 Å². The van der Waals surface area contributed by atoms with Crippen LogP contribution in [0.15, 0.2) is 24.3 Å². The van der Waals surface area contributed by atoms with E-state index >= 15 is 0 Å². The molecule has 0 unspecified atom stereocenters. The molecule has 0 N–H and O–H groups in total. The van der Waals surface area contributed by atoms with Gasteiger partial charge in [-0.1, -0.05) is 45.0 Å². The van der Waals surface area contributed by atoms with Crippen molar-refractivity contribution >= 4 is 5.78 Å². The van der Waals surface area contributed by atoms with E-state index in [-0.39, 0.29) is 11.2 Å². The highest BCUT2D eigenvalue weighted by molar-refractivity contribution is 5.95. The molecule has 0 saturated heterocycles. The summed E-state index contributed by atoms with van der Waals surface area (Å²) in [6.45, 7) is 7.98. The van der Waals surface area contributed by atoms with E-state index in [1.54, 1.807) is 6.92 Å². The van der Waals surface area contributed by atoms with Gasteiger partial charge in [0.15, 0.2) is 5.78 Å². The number of ketones is 1. The quantitative estimate of drug-likeness (QED) is 0.600. The Morgan fingerprint density at radius 1 is 1.15 bits per heavy atom. The molecule has 0 aliphatic rings. The summed E-state index contributed by atoms with van der Waals surface area (Å²) in [4.78, 5) is 11.3. The fourth-order valence-electron chi connectivity index (χ4n) is 1.44. The van der Waals surface area contributed by atoms with Crippen LogP contribution in [0.4, 0.5) is 0 Å². The summed E-state index contributed by atoms with van der Waals surface area (Å²) in [5.74, 6) is 0.144. The lowest BCUT2D eigenvalue weighted by Gasteiger charge is -2.21. The predicted molar refractivity (Wildman–Crippen MR) is 55.1 cm³/mol. The summed E-state index contributed by atoms with van der Waals surface area (Å²) in [6, 6.07) is 7.80. The summed E-state index contributed by atoms with van der Waals surface area (Å²) in [7, 11) is 0. The number of hydrogen-bond acceptors (Lipinski definition) is 1. The smallest absolute Gasteiger partial charge is 0.160 e. The van der Waals surface area contributed by atoms with Gasteiger partial charge in [-0.2, -0.15) is 0 Å². The molecular formula is C12H16O. The molecule has 1 aromatic carbocycles. The first-order valence-electron chi connectivity index (χ1n) is 4.53. The zero-order chi connectivity index (χ0) is 10.1. The summed E-state index contributed by atoms with van der Waals surface area (Å²) in [5, 5.41) is 0. The number of rotatable bonds is 1.